The Morgan fingerprint density at radius 2 is 2.37 bits per heavy atom. The Balaban J connectivity index is 1.98. The first-order valence-electron chi connectivity index (χ1n) is 7.22. The minimum atomic E-state index is 0.289. The van der Waals surface area contributed by atoms with Crippen LogP contribution in [-0.4, -0.2) is 29.9 Å². The predicted molar refractivity (Wildman–Crippen MR) is 80.5 cm³/mol. The van der Waals surface area contributed by atoms with Crippen LogP contribution in [0.4, 0.5) is 0 Å². The zero-order valence-corrected chi connectivity index (χ0v) is 12.9. The van der Waals surface area contributed by atoms with Crippen LogP contribution in [0.3, 0.4) is 0 Å². The van der Waals surface area contributed by atoms with Gasteiger partial charge in [0.25, 0.3) is 0 Å². The van der Waals surface area contributed by atoms with Gasteiger partial charge in [-0.3, -0.25) is 4.79 Å². The molecule has 2 heterocycles. The Morgan fingerprint density at radius 1 is 1.58 bits per heavy atom. The second-order valence-electron chi connectivity index (χ2n) is 5.42. The molecule has 1 unspecified atom stereocenters. The first kappa shape index (κ1) is 14.5. The van der Waals surface area contributed by atoms with Crippen molar-refractivity contribution in [2.45, 2.75) is 52.1 Å². The van der Waals surface area contributed by atoms with E-state index in [0.29, 0.717) is 18.5 Å². The highest BCUT2D eigenvalue weighted by molar-refractivity contribution is 7.10. The van der Waals surface area contributed by atoms with Gasteiger partial charge in [0.15, 0.2) is 0 Å². The number of hydrogen-bond donors (Lipinski definition) is 1. The smallest absolute Gasteiger partial charge is 0.224 e. The van der Waals surface area contributed by atoms with E-state index >= 15 is 0 Å². The topological polar surface area (TPSA) is 32.3 Å². The quantitative estimate of drug-likeness (QED) is 0.899. The summed E-state index contributed by atoms with van der Waals surface area (Å²) in [7, 11) is 0. The summed E-state index contributed by atoms with van der Waals surface area (Å²) in [4.78, 5) is 15.9. The molecule has 19 heavy (non-hydrogen) atoms. The number of thiophene rings is 1. The van der Waals surface area contributed by atoms with E-state index in [0.717, 1.165) is 25.9 Å². The van der Waals surface area contributed by atoms with E-state index in [1.165, 1.54) is 10.4 Å². The molecule has 0 bridgehead atoms. The van der Waals surface area contributed by atoms with Crippen LogP contribution < -0.4 is 5.32 Å². The summed E-state index contributed by atoms with van der Waals surface area (Å²) in [6, 6.07) is 2.93. The van der Waals surface area contributed by atoms with Gasteiger partial charge in [-0.25, -0.2) is 0 Å². The highest BCUT2D eigenvalue weighted by atomic mass is 32.1. The van der Waals surface area contributed by atoms with Gasteiger partial charge in [-0.1, -0.05) is 20.8 Å². The summed E-state index contributed by atoms with van der Waals surface area (Å²) in [5.41, 5.74) is 1.38. The van der Waals surface area contributed by atoms with Gasteiger partial charge in [0.2, 0.25) is 5.91 Å². The maximum absolute atomic E-state index is 12.4. The molecule has 1 aliphatic heterocycles. The number of nitrogens with one attached hydrogen (secondary N) is 1. The standard InChI is InChI=1S/C15H24N2OS/c1-4-13-12-7-10-19-14(12)6-9-17(13)15(18)5-8-16-11(2)3/h7,10-11,13,16H,4-6,8-9H2,1-3H3. The van der Waals surface area contributed by atoms with Gasteiger partial charge in [0.1, 0.15) is 0 Å². The van der Waals surface area contributed by atoms with Crippen molar-refractivity contribution in [2.75, 3.05) is 13.1 Å². The van der Waals surface area contributed by atoms with E-state index in [1.807, 2.05) is 11.3 Å². The number of carbonyl (C=O) groups excluding carboxylic acids is 1. The fourth-order valence-corrected chi connectivity index (χ4v) is 3.67. The molecule has 4 heteroatoms. The number of hydrogen-bond acceptors (Lipinski definition) is 3. The molecule has 0 fully saturated rings. The van der Waals surface area contributed by atoms with Crippen LogP contribution in [0.25, 0.3) is 0 Å². The van der Waals surface area contributed by atoms with Crippen LogP contribution in [-0.2, 0) is 11.2 Å². The van der Waals surface area contributed by atoms with Crippen LogP contribution in [0, 0.1) is 0 Å². The Morgan fingerprint density at radius 3 is 3.05 bits per heavy atom. The van der Waals surface area contributed by atoms with E-state index in [-0.39, 0.29) is 5.91 Å². The molecule has 0 saturated carbocycles. The highest BCUT2D eigenvalue weighted by Gasteiger charge is 2.29. The van der Waals surface area contributed by atoms with Gasteiger partial charge >= 0.3 is 0 Å². The molecule has 1 atom stereocenters. The van der Waals surface area contributed by atoms with Crippen molar-refractivity contribution in [1.29, 1.82) is 0 Å². The fourth-order valence-electron chi connectivity index (χ4n) is 2.75. The van der Waals surface area contributed by atoms with Crippen LogP contribution >= 0.6 is 11.3 Å². The molecule has 1 N–H and O–H groups in total. The predicted octanol–water partition coefficient (Wildman–Crippen LogP) is 2.97. The molecule has 0 saturated heterocycles. The third-order valence-electron chi connectivity index (χ3n) is 3.69. The number of amides is 1. The van der Waals surface area contributed by atoms with E-state index < -0.39 is 0 Å². The molecule has 1 aromatic rings. The summed E-state index contributed by atoms with van der Waals surface area (Å²) in [5, 5.41) is 5.47. The summed E-state index contributed by atoms with van der Waals surface area (Å²) in [6.07, 6.45) is 2.63. The summed E-state index contributed by atoms with van der Waals surface area (Å²) < 4.78 is 0. The second kappa shape index (κ2) is 6.53. The third kappa shape index (κ3) is 3.37. The Hall–Kier alpha value is -0.870. The monoisotopic (exact) mass is 280 g/mol. The zero-order chi connectivity index (χ0) is 13.8. The molecular formula is C15H24N2OS. The summed E-state index contributed by atoms with van der Waals surface area (Å²) in [5.74, 6) is 0.289. The molecular weight excluding hydrogens is 256 g/mol. The Bertz CT molecular complexity index is 428. The fraction of sp³-hybridized carbons (Fsp3) is 0.667. The maximum atomic E-state index is 12.4. The molecule has 0 aromatic carbocycles. The molecule has 1 amide bonds. The lowest BCUT2D eigenvalue weighted by Gasteiger charge is -2.35. The van der Waals surface area contributed by atoms with Crippen LogP contribution in [0.2, 0.25) is 0 Å². The Labute approximate surface area is 120 Å². The van der Waals surface area contributed by atoms with Gasteiger partial charge in [0, 0.05) is 30.4 Å². The summed E-state index contributed by atoms with van der Waals surface area (Å²) in [6.45, 7) is 8.05. The van der Waals surface area contributed by atoms with Gasteiger partial charge in [-0.2, -0.15) is 0 Å². The first-order valence-corrected chi connectivity index (χ1v) is 8.10. The van der Waals surface area contributed by atoms with Gasteiger partial charge in [-0.15, -0.1) is 11.3 Å². The van der Waals surface area contributed by atoms with E-state index in [1.54, 1.807) is 0 Å². The van der Waals surface area contributed by atoms with Gasteiger partial charge < -0.3 is 10.2 Å². The van der Waals surface area contributed by atoms with Gasteiger partial charge in [-0.05, 0) is 29.9 Å². The number of fused-ring (bicyclic) bond motifs is 1. The number of rotatable bonds is 5. The van der Waals surface area contributed by atoms with Crippen molar-refractivity contribution in [2.24, 2.45) is 0 Å². The average molecular weight is 280 g/mol. The highest BCUT2D eigenvalue weighted by Crippen LogP contribution is 2.35. The molecule has 106 valence electrons. The van der Waals surface area contributed by atoms with Crippen LogP contribution in [0.5, 0.6) is 0 Å². The molecule has 0 aliphatic carbocycles. The molecule has 0 spiro atoms. The van der Waals surface area contributed by atoms with E-state index in [4.69, 9.17) is 0 Å². The van der Waals surface area contributed by atoms with Crippen LogP contribution in [0.1, 0.15) is 50.1 Å². The second-order valence-corrected chi connectivity index (χ2v) is 6.42. The molecule has 0 radical (unpaired) electrons. The minimum absolute atomic E-state index is 0.289. The molecule has 3 nitrogen and oxygen atoms in total. The SMILES string of the molecule is CCC1c2ccsc2CCN1C(=O)CCNC(C)C. The normalized spacial score (nSPS) is 18.7. The van der Waals surface area contributed by atoms with Crippen molar-refractivity contribution in [1.82, 2.24) is 10.2 Å². The lowest BCUT2D eigenvalue weighted by atomic mass is 9.97. The molecule has 1 aliphatic rings. The number of nitrogens with zero attached hydrogens (tertiary/aromatic N) is 1. The Kier molecular flexibility index (Phi) is 4.99. The molecule has 2 rings (SSSR count). The maximum Gasteiger partial charge on any atom is 0.224 e. The number of carbonyl (C=O) groups is 1. The van der Waals surface area contributed by atoms with Crippen LogP contribution in [0.15, 0.2) is 11.4 Å². The first-order chi connectivity index (χ1) is 9.13. The summed E-state index contributed by atoms with van der Waals surface area (Å²) >= 11 is 1.83. The minimum Gasteiger partial charge on any atom is -0.335 e. The lowest BCUT2D eigenvalue weighted by molar-refractivity contribution is -0.134. The third-order valence-corrected chi connectivity index (χ3v) is 4.69. The van der Waals surface area contributed by atoms with Crippen molar-refractivity contribution in [3.63, 3.8) is 0 Å². The van der Waals surface area contributed by atoms with E-state index in [2.05, 4.69) is 42.4 Å². The zero-order valence-electron chi connectivity index (χ0n) is 12.1. The van der Waals surface area contributed by atoms with E-state index in [9.17, 15) is 4.79 Å². The molecule has 1 aromatic heterocycles. The van der Waals surface area contributed by atoms with Crippen molar-refractivity contribution < 1.29 is 4.79 Å². The van der Waals surface area contributed by atoms with Crippen molar-refractivity contribution >= 4 is 17.2 Å². The average Bonchev–Trinajstić information content (AvgIpc) is 2.85. The lowest BCUT2D eigenvalue weighted by Crippen LogP contribution is -2.40. The van der Waals surface area contributed by atoms with Crippen molar-refractivity contribution in [3.05, 3.63) is 21.9 Å². The van der Waals surface area contributed by atoms with Crippen molar-refractivity contribution in [3.8, 4) is 0 Å². The van der Waals surface area contributed by atoms with Gasteiger partial charge in [0.05, 0.1) is 6.04 Å². The largest absolute Gasteiger partial charge is 0.335 e.